The molecule has 24 heavy (non-hydrogen) atoms. The number of halogens is 1. The molecule has 0 aliphatic rings. The molecule has 1 heterocycles. The highest BCUT2D eigenvalue weighted by Gasteiger charge is 2.29. The van der Waals surface area contributed by atoms with Gasteiger partial charge < -0.3 is 10.1 Å². The van der Waals surface area contributed by atoms with Crippen LogP contribution < -0.4 is 10.0 Å². The van der Waals surface area contributed by atoms with Gasteiger partial charge in [-0.05, 0) is 38.8 Å². The molecule has 0 aromatic carbocycles. The summed E-state index contributed by atoms with van der Waals surface area (Å²) in [6, 6.07) is 2.35. The van der Waals surface area contributed by atoms with Gasteiger partial charge in [0.15, 0.2) is 11.0 Å². The molecule has 6 nitrogen and oxygen atoms in total. The molecule has 0 bridgehead atoms. The highest BCUT2D eigenvalue weighted by molar-refractivity contribution is 7.86. The lowest BCUT2D eigenvalue weighted by molar-refractivity contribution is -0.122. The predicted molar refractivity (Wildman–Crippen MR) is 96.5 cm³/mol. The number of carbonyl (C=O) groups is 2. The van der Waals surface area contributed by atoms with Crippen LogP contribution in [0.3, 0.4) is 0 Å². The summed E-state index contributed by atoms with van der Waals surface area (Å²) >= 11 is 6.93. The van der Waals surface area contributed by atoms with Gasteiger partial charge in [0.1, 0.15) is 15.9 Å². The van der Waals surface area contributed by atoms with E-state index in [1.807, 2.05) is 13.8 Å². The van der Waals surface area contributed by atoms with Crippen molar-refractivity contribution in [2.45, 2.75) is 56.9 Å². The summed E-state index contributed by atoms with van der Waals surface area (Å²) in [7, 11) is -1.72. The van der Waals surface area contributed by atoms with Crippen molar-refractivity contribution in [3.63, 3.8) is 0 Å². The molecule has 0 saturated heterocycles. The van der Waals surface area contributed by atoms with Gasteiger partial charge in [-0.3, -0.25) is 9.52 Å². The van der Waals surface area contributed by atoms with Crippen LogP contribution in [0.5, 0.6) is 0 Å². The minimum Gasteiger partial charge on any atom is -0.444 e. The van der Waals surface area contributed by atoms with Crippen LogP contribution >= 0.6 is 22.9 Å². The van der Waals surface area contributed by atoms with Crippen molar-refractivity contribution in [1.82, 2.24) is 10.0 Å². The second-order valence-corrected chi connectivity index (χ2v) is 9.46. The molecule has 3 atom stereocenters. The Morgan fingerprint density at radius 1 is 1.38 bits per heavy atom. The maximum Gasteiger partial charge on any atom is 0.408 e. The van der Waals surface area contributed by atoms with Gasteiger partial charge in [-0.25, -0.2) is 9.00 Å². The Morgan fingerprint density at radius 2 is 2.00 bits per heavy atom. The third-order valence-corrected chi connectivity index (χ3v) is 5.71. The summed E-state index contributed by atoms with van der Waals surface area (Å²) < 4.78 is 20.7. The lowest BCUT2D eigenvalue weighted by Gasteiger charge is -2.26. The van der Waals surface area contributed by atoms with Gasteiger partial charge >= 0.3 is 6.09 Å². The van der Waals surface area contributed by atoms with Crippen LogP contribution in [0, 0.1) is 5.92 Å². The molecule has 1 unspecified atom stereocenters. The number of carbonyl (C=O) groups excluding carboxylic acids is 2. The molecule has 1 rings (SSSR count). The standard InChI is InChI=1S/C15H23ClN2O4S2/c1-6-9(2)12(17-14(20)22-15(3,4)5)13(19)18-24(21)11-8-7-10(16)23-11/h7-9,12H,6H2,1-5H3,(H,17,20)(H,18,19)/t9-,12-,24?/m0/s1. The summed E-state index contributed by atoms with van der Waals surface area (Å²) in [5.41, 5.74) is -0.670. The highest BCUT2D eigenvalue weighted by Crippen LogP contribution is 2.23. The number of rotatable bonds is 6. The Kier molecular flexibility index (Phi) is 7.69. The molecule has 2 amide bonds. The summed E-state index contributed by atoms with van der Waals surface area (Å²) in [6.45, 7) is 8.94. The summed E-state index contributed by atoms with van der Waals surface area (Å²) in [5.74, 6) is -0.681. The fraction of sp³-hybridized carbons (Fsp3) is 0.600. The lowest BCUT2D eigenvalue weighted by Crippen LogP contribution is -2.51. The molecule has 136 valence electrons. The number of hydrogen-bond acceptors (Lipinski definition) is 5. The Hall–Kier alpha value is -1.12. The minimum absolute atomic E-state index is 0.151. The van der Waals surface area contributed by atoms with E-state index in [4.69, 9.17) is 16.3 Å². The van der Waals surface area contributed by atoms with Crippen molar-refractivity contribution < 1.29 is 18.5 Å². The molecule has 0 fully saturated rings. The van der Waals surface area contributed by atoms with Crippen molar-refractivity contribution in [2.75, 3.05) is 0 Å². The molecular weight excluding hydrogens is 372 g/mol. The van der Waals surface area contributed by atoms with E-state index >= 15 is 0 Å². The smallest absolute Gasteiger partial charge is 0.408 e. The van der Waals surface area contributed by atoms with Crippen molar-refractivity contribution in [3.05, 3.63) is 16.5 Å². The first kappa shape index (κ1) is 20.9. The van der Waals surface area contributed by atoms with Gasteiger partial charge in [-0.2, -0.15) is 0 Å². The average Bonchev–Trinajstić information content (AvgIpc) is 2.88. The Morgan fingerprint density at radius 3 is 2.46 bits per heavy atom. The number of alkyl carbamates (subject to hydrolysis) is 1. The topological polar surface area (TPSA) is 84.5 Å². The van der Waals surface area contributed by atoms with Crippen molar-refractivity contribution >= 4 is 45.9 Å². The minimum atomic E-state index is -1.72. The molecule has 0 radical (unpaired) electrons. The molecule has 1 aromatic rings. The van der Waals surface area contributed by atoms with E-state index in [-0.39, 0.29) is 5.92 Å². The molecular formula is C15H23ClN2O4S2. The molecule has 0 spiro atoms. The van der Waals surface area contributed by atoms with Gasteiger partial charge in [-0.1, -0.05) is 31.9 Å². The first-order valence-electron chi connectivity index (χ1n) is 7.50. The normalized spacial score (nSPS) is 15.2. The quantitative estimate of drug-likeness (QED) is 0.773. The number of ether oxygens (including phenoxy) is 1. The Bertz CT molecular complexity index is 613. The van der Waals surface area contributed by atoms with Gasteiger partial charge in [0, 0.05) is 0 Å². The van der Waals surface area contributed by atoms with Crippen LogP contribution in [-0.4, -0.2) is 27.9 Å². The summed E-state index contributed by atoms with van der Waals surface area (Å²) in [4.78, 5) is 24.4. The van der Waals surface area contributed by atoms with Crippen molar-refractivity contribution in [2.24, 2.45) is 5.92 Å². The van der Waals surface area contributed by atoms with Gasteiger partial charge in [0.25, 0.3) is 5.91 Å². The number of amides is 2. The zero-order chi connectivity index (χ0) is 18.5. The Labute approximate surface area is 153 Å². The Balaban J connectivity index is 2.78. The predicted octanol–water partition coefficient (Wildman–Crippen LogP) is 3.48. The molecule has 9 heteroatoms. The number of hydrogen-bond donors (Lipinski definition) is 2. The SMILES string of the molecule is CC[C@H](C)[C@H](NC(=O)OC(C)(C)C)C(=O)NS(=O)c1ccc(Cl)s1. The first-order chi connectivity index (χ1) is 11.0. The van der Waals surface area contributed by atoms with E-state index in [1.54, 1.807) is 32.9 Å². The third kappa shape index (κ3) is 6.78. The first-order valence-corrected chi connectivity index (χ1v) is 9.85. The zero-order valence-electron chi connectivity index (χ0n) is 14.3. The molecule has 0 aliphatic heterocycles. The van der Waals surface area contributed by atoms with E-state index < -0.39 is 34.6 Å². The zero-order valence-corrected chi connectivity index (χ0v) is 16.7. The second kappa shape index (κ2) is 8.82. The van der Waals surface area contributed by atoms with Crippen molar-refractivity contribution in [1.29, 1.82) is 0 Å². The number of nitrogens with one attached hydrogen (secondary N) is 2. The molecule has 1 aromatic heterocycles. The number of thiophene rings is 1. The van der Waals surface area contributed by atoms with Gasteiger partial charge in [0.2, 0.25) is 0 Å². The van der Waals surface area contributed by atoms with Crippen LogP contribution in [0.1, 0.15) is 41.0 Å². The second-order valence-electron chi connectivity index (χ2n) is 6.30. The lowest BCUT2D eigenvalue weighted by atomic mass is 9.99. The molecule has 0 saturated carbocycles. The van der Waals surface area contributed by atoms with Crippen LogP contribution in [0.15, 0.2) is 16.3 Å². The van der Waals surface area contributed by atoms with Crippen LogP contribution in [0.4, 0.5) is 4.79 Å². The average molecular weight is 395 g/mol. The third-order valence-electron chi connectivity index (χ3n) is 3.09. The van der Waals surface area contributed by atoms with E-state index in [2.05, 4.69) is 10.0 Å². The van der Waals surface area contributed by atoms with E-state index in [1.165, 1.54) is 0 Å². The molecule has 0 aliphatic carbocycles. The molecule has 2 N–H and O–H groups in total. The van der Waals surface area contributed by atoms with E-state index in [9.17, 15) is 13.8 Å². The maximum atomic E-state index is 12.4. The van der Waals surface area contributed by atoms with Crippen LogP contribution in [-0.2, 0) is 20.5 Å². The van der Waals surface area contributed by atoms with Crippen LogP contribution in [0.2, 0.25) is 4.34 Å². The van der Waals surface area contributed by atoms with E-state index in [0.717, 1.165) is 11.3 Å². The maximum absolute atomic E-state index is 12.4. The fourth-order valence-corrected chi connectivity index (χ4v) is 3.95. The summed E-state index contributed by atoms with van der Waals surface area (Å²) in [6.07, 6.45) is -0.0290. The van der Waals surface area contributed by atoms with Crippen molar-refractivity contribution in [3.8, 4) is 0 Å². The van der Waals surface area contributed by atoms with Gasteiger partial charge in [-0.15, -0.1) is 11.3 Å². The van der Waals surface area contributed by atoms with E-state index in [0.29, 0.717) is 15.0 Å². The monoisotopic (exact) mass is 394 g/mol. The highest BCUT2D eigenvalue weighted by atomic mass is 35.5. The fourth-order valence-electron chi connectivity index (χ4n) is 1.74. The summed E-state index contributed by atoms with van der Waals surface area (Å²) in [5, 5.41) is 2.56. The van der Waals surface area contributed by atoms with Crippen LogP contribution in [0.25, 0.3) is 0 Å². The van der Waals surface area contributed by atoms with Gasteiger partial charge in [0.05, 0.1) is 4.34 Å². The largest absolute Gasteiger partial charge is 0.444 e.